The molecule has 37 heavy (non-hydrogen) atoms. The maximum absolute atomic E-state index is 13.2. The number of rotatable bonds is 9. The van der Waals surface area contributed by atoms with Crippen LogP contribution in [-0.2, 0) is 11.3 Å². The van der Waals surface area contributed by atoms with Crippen molar-refractivity contribution in [1.29, 1.82) is 0 Å². The summed E-state index contributed by atoms with van der Waals surface area (Å²) in [6.45, 7) is 5.29. The van der Waals surface area contributed by atoms with Gasteiger partial charge in [0.2, 0.25) is 0 Å². The Morgan fingerprint density at radius 3 is 2.41 bits per heavy atom. The Morgan fingerprint density at radius 1 is 1.03 bits per heavy atom. The zero-order valence-corrected chi connectivity index (χ0v) is 23.7. The fourth-order valence-electron chi connectivity index (χ4n) is 4.43. The molecule has 7 nitrogen and oxygen atoms in total. The molecule has 1 unspecified atom stereocenters. The molecule has 0 aromatic heterocycles. The number of anilines is 1. The second-order valence-corrected chi connectivity index (χ2v) is 9.93. The van der Waals surface area contributed by atoms with Crippen LogP contribution in [0.4, 0.5) is 10.5 Å². The van der Waals surface area contributed by atoms with E-state index in [0.717, 1.165) is 44.6 Å². The standard InChI is InChI=1S/C26H32Cl2N4O3.2ClH/c27-23-10-5-19(16-24(23)28)17-32(15-14-31-12-1-2-13-31)26(34)30-21-8-6-20(7-9-21)25(33)35-18-22-4-3-11-29-22;;/h5-10,16,22,29H,1-4,11-15,17-18H2,(H,30,34);2*1H. The molecule has 11 heteroatoms. The van der Waals surface area contributed by atoms with E-state index in [2.05, 4.69) is 15.5 Å². The van der Waals surface area contributed by atoms with Crippen LogP contribution in [0.3, 0.4) is 0 Å². The number of carbonyl (C=O) groups excluding carboxylic acids is 2. The first-order chi connectivity index (χ1) is 17.0. The topological polar surface area (TPSA) is 73.9 Å². The van der Waals surface area contributed by atoms with Gasteiger partial charge in [0.05, 0.1) is 15.6 Å². The van der Waals surface area contributed by atoms with Gasteiger partial charge < -0.3 is 25.2 Å². The molecule has 2 heterocycles. The SMILES string of the molecule is Cl.Cl.O=C(OCC1CCCN1)c1ccc(NC(=O)N(CCN2CCCC2)Cc2ccc(Cl)c(Cl)c2)cc1. The van der Waals surface area contributed by atoms with Gasteiger partial charge >= 0.3 is 12.0 Å². The molecule has 0 bridgehead atoms. The molecule has 2 amide bonds. The Hall–Kier alpha value is -1.74. The molecule has 2 aromatic rings. The summed E-state index contributed by atoms with van der Waals surface area (Å²) < 4.78 is 5.41. The highest BCUT2D eigenvalue weighted by atomic mass is 35.5. The average molecular weight is 592 g/mol. The van der Waals surface area contributed by atoms with Crippen molar-refractivity contribution >= 4 is 65.7 Å². The molecule has 2 aliphatic heterocycles. The van der Waals surface area contributed by atoms with Crippen molar-refractivity contribution in [2.75, 3.05) is 44.6 Å². The third-order valence-corrected chi connectivity index (χ3v) is 7.22. The maximum atomic E-state index is 13.2. The third kappa shape index (κ3) is 9.50. The van der Waals surface area contributed by atoms with E-state index in [1.54, 1.807) is 41.3 Å². The number of amides is 2. The molecule has 0 radical (unpaired) electrons. The number of hydrogen-bond donors (Lipinski definition) is 2. The predicted octanol–water partition coefficient (Wildman–Crippen LogP) is 5.88. The summed E-state index contributed by atoms with van der Waals surface area (Å²) >= 11 is 12.2. The van der Waals surface area contributed by atoms with Gasteiger partial charge in [-0.05, 0) is 87.3 Å². The van der Waals surface area contributed by atoms with Crippen LogP contribution in [0.2, 0.25) is 10.0 Å². The fraction of sp³-hybridized carbons (Fsp3) is 0.462. The third-order valence-electron chi connectivity index (χ3n) is 6.48. The van der Waals surface area contributed by atoms with E-state index in [1.165, 1.54) is 12.8 Å². The molecule has 0 saturated carbocycles. The highest BCUT2D eigenvalue weighted by Crippen LogP contribution is 2.23. The number of nitrogens with one attached hydrogen (secondary N) is 2. The number of benzene rings is 2. The Labute approximate surface area is 241 Å². The van der Waals surface area contributed by atoms with Crippen LogP contribution in [0.5, 0.6) is 0 Å². The van der Waals surface area contributed by atoms with Gasteiger partial charge in [-0.25, -0.2) is 9.59 Å². The summed E-state index contributed by atoms with van der Waals surface area (Å²) in [5, 5.41) is 7.22. The number of hydrogen-bond acceptors (Lipinski definition) is 5. The summed E-state index contributed by atoms with van der Waals surface area (Å²) in [6.07, 6.45) is 4.53. The Balaban J connectivity index is 0.00000241. The predicted molar refractivity (Wildman–Crippen MR) is 154 cm³/mol. The first-order valence-corrected chi connectivity index (χ1v) is 13.0. The molecule has 2 aromatic carbocycles. The van der Waals surface area contributed by atoms with Gasteiger partial charge in [0.1, 0.15) is 6.61 Å². The van der Waals surface area contributed by atoms with Crippen LogP contribution in [-0.4, -0.2) is 67.2 Å². The summed E-state index contributed by atoms with van der Waals surface area (Å²) in [7, 11) is 0. The lowest BCUT2D eigenvalue weighted by atomic mass is 10.2. The minimum absolute atomic E-state index is 0. The highest BCUT2D eigenvalue weighted by Gasteiger charge is 2.19. The normalized spacial score (nSPS) is 17.0. The van der Waals surface area contributed by atoms with E-state index in [9.17, 15) is 9.59 Å². The molecule has 4 rings (SSSR count). The Bertz CT molecular complexity index is 1010. The second kappa shape index (κ2) is 15.6. The molecule has 0 aliphatic carbocycles. The van der Waals surface area contributed by atoms with Crippen molar-refractivity contribution in [3.8, 4) is 0 Å². The fourth-order valence-corrected chi connectivity index (χ4v) is 4.75. The van der Waals surface area contributed by atoms with Gasteiger partial charge in [-0.2, -0.15) is 0 Å². The molecule has 204 valence electrons. The van der Waals surface area contributed by atoms with Gasteiger partial charge in [0.25, 0.3) is 0 Å². The highest BCUT2D eigenvalue weighted by molar-refractivity contribution is 6.42. The summed E-state index contributed by atoms with van der Waals surface area (Å²) in [5.74, 6) is -0.358. The van der Waals surface area contributed by atoms with Crippen LogP contribution in [0.25, 0.3) is 0 Å². The van der Waals surface area contributed by atoms with Crippen molar-refractivity contribution < 1.29 is 14.3 Å². The van der Waals surface area contributed by atoms with Crippen LogP contribution >= 0.6 is 48.0 Å². The molecule has 2 N–H and O–H groups in total. The van der Waals surface area contributed by atoms with Gasteiger partial charge in [0.15, 0.2) is 0 Å². The minimum atomic E-state index is -0.358. The second-order valence-electron chi connectivity index (χ2n) is 9.12. The summed E-state index contributed by atoms with van der Waals surface area (Å²) in [6, 6.07) is 12.2. The maximum Gasteiger partial charge on any atom is 0.338 e. The number of urea groups is 1. The van der Waals surface area contributed by atoms with Crippen molar-refractivity contribution in [3.05, 3.63) is 63.6 Å². The molecule has 2 fully saturated rings. The Morgan fingerprint density at radius 2 is 1.76 bits per heavy atom. The van der Waals surface area contributed by atoms with Crippen molar-refractivity contribution in [2.45, 2.75) is 38.3 Å². The Kier molecular flexibility index (Phi) is 13.3. The van der Waals surface area contributed by atoms with E-state index < -0.39 is 0 Å². The molecular weight excluding hydrogens is 558 g/mol. The number of carbonyl (C=O) groups is 2. The lowest BCUT2D eigenvalue weighted by Crippen LogP contribution is -2.40. The first-order valence-electron chi connectivity index (χ1n) is 12.2. The molecule has 0 spiro atoms. The molecule has 2 aliphatic rings. The number of nitrogens with zero attached hydrogens (tertiary/aromatic N) is 2. The first kappa shape index (κ1) is 31.5. The van der Waals surface area contributed by atoms with Crippen LogP contribution in [0.15, 0.2) is 42.5 Å². The lowest BCUT2D eigenvalue weighted by molar-refractivity contribution is 0.0473. The smallest absolute Gasteiger partial charge is 0.338 e. The average Bonchev–Trinajstić information content (AvgIpc) is 3.57. The molecule has 2 saturated heterocycles. The molecular formula is C26H34Cl4N4O3. The van der Waals surface area contributed by atoms with Gasteiger partial charge in [-0.15, -0.1) is 24.8 Å². The zero-order chi connectivity index (χ0) is 24.6. The minimum Gasteiger partial charge on any atom is -0.460 e. The van der Waals surface area contributed by atoms with Crippen molar-refractivity contribution in [2.24, 2.45) is 0 Å². The van der Waals surface area contributed by atoms with E-state index in [-0.39, 0.29) is 42.9 Å². The van der Waals surface area contributed by atoms with E-state index >= 15 is 0 Å². The zero-order valence-electron chi connectivity index (χ0n) is 20.6. The van der Waals surface area contributed by atoms with Gasteiger partial charge in [-0.1, -0.05) is 29.3 Å². The van der Waals surface area contributed by atoms with Crippen LogP contribution in [0, 0.1) is 0 Å². The largest absolute Gasteiger partial charge is 0.460 e. The van der Waals surface area contributed by atoms with Crippen molar-refractivity contribution in [1.82, 2.24) is 15.1 Å². The van der Waals surface area contributed by atoms with Crippen molar-refractivity contribution in [3.63, 3.8) is 0 Å². The monoisotopic (exact) mass is 590 g/mol. The van der Waals surface area contributed by atoms with Crippen LogP contribution in [0.1, 0.15) is 41.6 Å². The van der Waals surface area contributed by atoms with Gasteiger partial charge in [0, 0.05) is 31.4 Å². The quantitative estimate of drug-likeness (QED) is 0.356. The van der Waals surface area contributed by atoms with E-state index in [4.69, 9.17) is 27.9 Å². The van der Waals surface area contributed by atoms with Crippen LogP contribution < -0.4 is 10.6 Å². The summed E-state index contributed by atoms with van der Waals surface area (Å²) in [5.41, 5.74) is 1.98. The number of halogens is 4. The number of esters is 1. The van der Waals surface area contributed by atoms with E-state index in [0.29, 0.717) is 41.0 Å². The molecule has 1 atom stereocenters. The lowest BCUT2D eigenvalue weighted by Gasteiger charge is -2.26. The summed E-state index contributed by atoms with van der Waals surface area (Å²) in [4.78, 5) is 29.7. The number of likely N-dealkylation sites (tertiary alicyclic amines) is 1. The van der Waals surface area contributed by atoms with Gasteiger partial charge in [-0.3, -0.25) is 0 Å². The number of ether oxygens (including phenoxy) is 1. The van der Waals surface area contributed by atoms with E-state index in [1.807, 2.05) is 6.07 Å².